The molecule has 0 aliphatic rings. The molecule has 0 amide bonds. The highest BCUT2D eigenvalue weighted by molar-refractivity contribution is 6.31. The third-order valence-electron chi connectivity index (χ3n) is 6.23. The van der Waals surface area contributed by atoms with Crippen molar-refractivity contribution < 1.29 is 9.18 Å². The summed E-state index contributed by atoms with van der Waals surface area (Å²) in [5.74, 6) is -0.555. The zero-order valence-electron chi connectivity index (χ0n) is 20.1. The molecule has 0 N–H and O–H groups in total. The van der Waals surface area contributed by atoms with Crippen molar-refractivity contribution in [2.75, 3.05) is 0 Å². The number of hydrogen-bond donors (Lipinski definition) is 0. The zero-order valence-corrected chi connectivity index (χ0v) is 21.6. The second-order valence-corrected chi connectivity index (χ2v) is 9.66. The third-order valence-corrected chi connectivity index (χ3v) is 6.72. The Morgan fingerprint density at radius 2 is 1.49 bits per heavy atom. The van der Waals surface area contributed by atoms with Crippen LogP contribution in [-0.2, 0) is 6.42 Å². The maximum Gasteiger partial charge on any atom is 0.278 e. The van der Waals surface area contributed by atoms with Crippen molar-refractivity contribution in [1.82, 2.24) is 9.78 Å². The fraction of sp³-hybridized carbons (Fsp3) is 0.0968. The lowest BCUT2D eigenvalue weighted by atomic mass is 9.97. The summed E-state index contributed by atoms with van der Waals surface area (Å²) in [7, 11) is 0. The third kappa shape index (κ3) is 5.22. The molecule has 0 unspecified atom stereocenters. The van der Waals surface area contributed by atoms with Gasteiger partial charge in [0.05, 0.1) is 11.9 Å². The van der Waals surface area contributed by atoms with E-state index in [2.05, 4.69) is 12.0 Å². The molecule has 0 spiro atoms. The van der Waals surface area contributed by atoms with Crippen molar-refractivity contribution in [3.8, 4) is 33.5 Å². The molecular weight excluding hydrogens is 506 g/mol. The average Bonchev–Trinajstić information content (AvgIpc) is 3.34. The molecule has 1 aromatic heterocycles. The summed E-state index contributed by atoms with van der Waals surface area (Å²) in [5, 5.41) is 5.53. The molecular formula is C31H23Cl2FN2O. The van der Waals surface area contributed by atoms with Gasteiger partial charge >= 0.3 is 0 Å². The molecule has 0 atom stereocenters. The van der Waals surface area contributed by atoms with Crippen molar-refractivity contribution >= 4 is 29.1 Å². The molecule has 5 aromatic rings. The van der Waals surface area contributed by atoms with Crippen LogP contribution in [-0.4, -0.2) is 15.7 Å². The number of nitrogens with zero attached hydrogens (tertiary/aromatic N) is 2. The molecule has 6 heteroatoms. The standard InChI is InChI=1S/C31H23Cl2FN2O/c1-2-4-20-7-16-27(29(34)17-20)21-8-10-23(11-9-21)30-28(22-12-14-25(32)15-13-22)19-35-36(30)31(37)24-5-3-6-26(33)18-24/h3,5-19H,2,4H2,1H3. The van der Waals surface area contributed by atoms with Crippen molar-refractivity contribution in [1.29, 1.82) is 0 Å². The molecule has 0 aliphatic carbocycles. The maximum atomic E-state index is 14.9. The van der Waals surface area contributed by atoms with E-state index in [4.69, 9.17) is 23.2 Å². The predicted octanol–water partition coefficient (Wildman–Crippen LogP) is 8.97. The van der Waals surface area contributed by atoms with Gasteiger partial charge in [0.2, 0.25) is 0 Å². The second kappa shape index (κ2) is 10.7. The Balaban J connectivity index is 1.59. The van der Waals surface area contributed by atoms with Gasteiger partial charge in [-0.25, -0.2) is 4.39 Å². The van der Waals surface area contributed by atoms with Crippen LogP contribution in [0.2, 0.25) is 10.0 Å². The lowest BCUT2D eigenvalue weighted by Crippen LogP contribution is -2.15. The van der Waals surface area contributed by atoms with Crippen molar-refractivity contribution in [2.45, 2.75) is 19.8 Å². The molecule has 5 rings (SSSR count). The maximum absolute atomic E-state index is 14.9. The average molecular weight is 529 g/mol. The highest BCUT2D eigenvalue weighted by Crippen LogP contribution is 2.35. The Labute approximate surface area is 225 Å². The monoisotopic (exact) mass is 528 g/mol. The lowest BCUT2D eigenvalue weighted by molar-refractivity contribution is 0.0947. The van der Waals surface area contributed by atoms with E-state index >= 15 is 0 Å². The van der Waals surface area contributed by atoms with Gasteiger partial charge in [-0.3, -0.25) is 4.79 Å². The molecule has 3 nitrogen and oxygen atoms in total. The molecule has 0 saturated heterocycles. The van der Waals surface area contributed by atoms with Gasteiger partial charge < -0.3 is 0 Å². The SMILES string of the molecule is CCCc1ccc(-c2ccc(-c3c(-c4ccc(Cl)cc4)cnn3C(=O)c3cccc(Cl)c3)cc2)c(F)c1. The largest absolute Gasteiger partial charge is 0.278 e. The minimum Gasteiger partial charge on any atom is -0.267 e. The number of benzene rings is 4. The number of halogens is 3. The quantitative estimate of drug-likeness (QED) is 0.220. The molecule has 4 aromatic carbocycles. The van der Waals surface area contributed by atoms with Gasteiger partial charge in [-0.2, -0.15) is 9.78 Å². The first kappa shape index (κ1) is 24.9. The minimum absolute atomic E-state index is 0.248. The van der Waals surface area contributed by atoms with Gasteiger partial charge in [0.1, 0.15) is 5.82 Å². The van der Waals surface area contributed by atoms with Gasteiger partial charge in [-0.05, 0) is 59.5 Å². The Morgan fingerprint density at radius 3 is 2.16 bits per heavy atom. The first-order valence-electron chi connectivity index (χ1n) is 12.0. The van der Waals surface area contributed by atoms with Gasteiger partial charge in [-0.15, -0.1) is 0 Å². The molecule has 1 heterocycles. The van der Waals surface area contributed by atoms with Crippen LogP contribution in [0.4, 0.5) is 4.39 Å². The summed E-state index contributed by atoms with van der Waals surface area (Å²) in [6.45, 7) is 2.07. The van der Waals surface area contributed by atoms with E-state index in [0.717, 1.165) is 40.7 Å². The Bertz CT molecular complexity index is 1570. The van der Waals surface area contributed by atoms with E-state index in [1.807, 2.05) is 48.5 Å². The van der Waals surface area contributed by atoms with E-state index < -0.39 is 0 Å². The van der Waals surface area contributed by atoms with Crippen LogP contribution in [0.3, 0.4) is 0 Å². The first-order chi connectivity index (χ1) is 17.9. The van der Waals surface area contributed by atoms with Crippen LogP contribution in [0.1, 0.15) is 29.3 Å². The number of carbonyl (C=O) groups excluding carboxylic acids is 1. The summed E-state index contributed by atoms with van der Waals surface area (Å²) in [6.07, 6.45) is 3.47. The summed E-state index contributed by atoms with van der Waals surface area (Å²) >= 11 is 12.2. The topological polar surface area (TPSA) is 34.9 Å². The van der Waals surface area contributed by atoms with E-state index in [1.165, 1.54) is 4.68 Å². The second-order valence-electron chi connectivity index (χ2n) is 8.78. The smallest absolute Gasteiger partial charge is 0.267 e. The summed E-state index contributed by atoms with van der Waals surface area (Å²) in [4.78, 5) is 13.5. The molecule has 0 radical (unpaired) electrons. The fourth-order valence-electron chi connectivity index (χ4n) is 4.41. The van der Waals surface area contributed by atoms with E-state index in [1.54, 1.807) is 48.7 Å². The van der Waals surface area contributed by atoms with Gasteiger partial charge in [-0.1, -0.05) is 91.1 Å². The number of rotatable bonds is 6. The molecule has 37 heavy (non-hydrogen) atoms. The van der Waals surface area contributed by atoms with Crippen LogP contribution in [0, 0.1) is 5.82 Å². The van der Waals surface area contributed by atoms with Crippen LogP contribution in [0.15, 0.2) is 97.2 Å². The predicted molar refractivity (Wildman–Crippen MR) is 149 cm³/mol. The van der Waals surface area contributed by atoms with E-state index in [9.17, 15) is 9.18 Å². The Morgan fingerprint density at radius 1 is 0.811 bits per heavy atom. The van der Waals surface area contributed by atoms with Gasteiger partial charge in [0.15, 0.2) is 0 Å². The lowest BCUT2D eigenvalue weighted by Gasteiger charge is -2.12. The summed E-state index contributed by atoms with van der Waals surface area (Å²) in [6, 6.07) is 27.0. The number of hydrogen-bond acceptors (Lipinski definition) is 2. The highest BCUT2D eigenvalue weighted by atomic mass is 35.5. The van der Waals surface area contributed by atoms with Crippen LogP contribution in [0.25, 0.3) is 33.5 Å². The summed E-state index contributed by atoms with van der Waals surface area (Å²) < 4.78 is 16.2. The van der Waals surface area contributed by atoms with Crippen molar-refractivity contribution in [3.63, 3.8) is 0 Å². The number of aromatic nitrogens is 2. The number of aryl methyl sites for hydroxylation is 1. The van der Waals surface area contributed by atoms with Crippen LogP contribution < -0.4 is 0 Å². The Kier molecular flexibility index (Phi) is 7.22. The van der Waals surface area contributed by atoms with E-state index in [-0.39, 0.29) is 11.7 Å². The van der Waals surface area contributed by atoms with Crippen molar-refractivity contribution in [3.05, 3.63) is 124 Å². The molecule has 0 aliphatic heterocycles. The Hall–Kier alpha value is -3.73. The van der Waals surface area contributed by atoms with Crippen LogP contribution >= 0.6 is 23.2 Å². The van der Waals surface area contributed by atoms with Crippen molar-refractivity contribution in [2.24, 2.45) is 0 Å². The zero-order chi connectivity index (χ0) is 25.9. The normalized spacial score (nSPS) is 11.0. The minimum atomic E-state index is -0.306. The van der Waals surface area contributed by atoms with Gasteiger partial charge in [0.25, 0.3) is 5.91 Å². The number of carbonyl (C=O) groups is 1. The first-order valence-corrected chi connectivity index (χ1v) is 12.7. The molecule has 0 bridgehead atoms. The fourth-order valence-corrected chi connectivity index (χ4v) is 4.73. The summed E-state index contributed by atoms with van der Waals surface area (Å²) in [5.41, 5.74) is 5.72. The molecule has 0 fully saturated rings. The molecule has 0 saturated carbocycles. The van der Waals surface area contributed by atoms with E-state index in [0.29, 0.717) is 26.9 Å². The van der Waals surface area contributed by atoms with Crippen LogP contribution in [0.5, 0.6) is 0 Å². The molecule has 184 valence electrons. The highest BCUT2D eigenvalue weighted by Gasteiger charge is 2.21. The van der Waals surface area contributed by atoms with Gasteiger partial charge in [0, 0.05) is 32.3 Å².